The quantitative estimate of drug-likeness (QED) is 0.835. The summed E-state index contributed by atoms with van der Waals surface area (Å²) in [6, 6.07) is 3.68. The number of methoxy groups -OCH3 is 1. The molecule has 1 unspecified atom stereocenters. The van der Waals surface area contributed by atoms with E-state index < -0.39 is 0 Å². The predicted octanol–water partition coefficient (Wildman–Crippen LogP) is 3.12. The highest BCUT2D eigenvalue weighted by molar-refractivity contribution is 7.13. The van der Waals surface area contributed by atoms with Crippen LogP contribution in [-0.2, 0) is 0 Å². The third kappa shape index (κ3) is 2.61. The first-order valence-electron chi connectivity index (χ1n) is 5.58. The van der Waals surface area contributed by atoms with Crippen LogP contribution in [0.4, 0.5) is 0 Å². The molecule has 17 heavy (non-hydrogen) atoms. The fourth-order valence-corrected chi connectivity index (χ4v) is 2.29. The maximum Gasteiger partial charge on any atom is 0.233 e. The Morgan fingerprint density at radius 3 is 2.76 bits per heavy atom. The predicted molar refractivity (Wildman–Crippen MR) is 68.4 cm³/mol. The van der Waals surface area contributed by atoms with Gasteiger partial charge in [0.25, 0.3) is 0 Å². The van der Waals surface area contributed by atoms with Gasteiger partial charge in [-0.05, 0) is 18.4 Å². The van der Waals surface area contributed by atoms with E-state index in [-0.39, 0.29) is 0 Å². The average Bonchev–Trinajstić information content (AvgIpc) is 2.87. The van der Waals surface area contributed by atoms with Crippen molar-refractivity contribution in [1.82, 2.24) is 15.2 Å². The largest absolute Gasteiger partial charge is 0.480 e. The number of hydrogen-bond acceptors (Lipinski definition) is 5. The van der Waals surface area contributed by atoms with Gasteiger partial charge in [-0.15, -0.1) is 21.5 Å². The topological polar surface area (TPSA) is 47.9 Å². The van der Waals surface area contributed by atoms with Crippen molar-refractivity contribution in [2.75, 3.05) is 7.11 Å². The number of thiazole rings is 1. The normalized spacial score (nSPS) is 12.4. The van der Waals surface area contributed by atoms with Gasteiger partial charge in [-0.25, -0.2) is 4.98 Å². The van der Waals surface area contributed by atoms with Crippen molar-refractivity contribution in [2.24, 2.45) is 0 Å². The standard InChI is InChI=1S/C12H15N3OS/c1-4-8(2)10-7-17-12(13-10)9-5-6-11(16-3)15-14-9/h5-8H,4H2,1-3H3. The molecule has 2 aromatic heterocycles. The molecule has 2 rings (SSSR count). The highest BCUT2D eigenvalue weighted by atomic mass is 32.1. The van der Waals surface area contributed by atoms with Gasteiger partial charge in [0.2, 0.25) is 5.88 Å². The van der Waals surface area contributed by atoms with Crippen molar-refractivity contribution in [2.45, 2.75) is 26.2 Å². The van der Waals surface area contributed by atoms with E-state index in [4.69, 9.17) is 4.74 Å². The van der Waals surface area contributed by atoms with Crippen LogP contribution < -0.4 is 4.74 Å². The summed E-state index contributed by atoms with van der Waals surface area (Å²) < 4.78 is 4.98. The Kier molecular flexibility index (Phi) is 3.68. The summed E-state index contributed by atoms with van der Waals surface area (Å²) >= 11 is 1.61. The Labute approximate surface area is 105 Å². The molecule has 2 aromatic rings. The second-order valence-electron chi connectivity index (χ2n) is 3.85. The third-order valence-electron chi connectivity index (χ3n) is 2.71. The van der Waals surface area contributed by atoms with Crippen LogP contribution in [-0.4, -0.2) is 22.3 Å². The molecule has 0 aliphatic heterocycles. The Bertz CT molecular complexity index is 481. The second-order valence-corrected chi connectivity index (χ2v) is 4.71. The fourth-order valence-electron chi connectivity index (χ4n) is 1.38. The van der Waals surface area contributed by atoms with E-state index >= 15 is 0 Å². The minimum Gasteiger partial charge on any atom is -0.480 e. The molecule has 5 heteroatoms. The Hall–Kier alpha value is -1.49. The second kappa shape index (κ2) is 5.23. The summed E-state index contributed by atoms with van der Waals surface area (Å²) in [6.45, 7) is 4.34. The van der Waals surface area contributed by atoms with Gasteiger partial charge in [0.05, 0.1) is 12.8 Å². The summed E-state index contributed by atoms with van der Waals surface area (Å²) in [5, 5.41) is 11.0. The minimum atomic E-state index is 0.492. The number of hydrogen-bond donors (Lipinski definition) is 0. The molecule has 0 saturated carbocycles. The van der Waals surface area contributed by atoms with Crippen LogP contribution in [0.15, 0.2) is 17.5 Å². The van der Waals surface area contributed by atoms with Gasteiger partial charge in [0.15, 0.2) is 0 Å². The summed E-state index contributed by atoms with van der Waals surface area (Å²) in [4.78, 5) is 4.58. The fraction of sp³-hybridized carbons (Fsp3) is 0.417. The SMILES string of the molecule is CCC(C)c1csc(-c2ccc(OC)nn2)n1. The van der Waals surface area contributed by atoms with Gasteiger partial charge in [0, 0.05) is 11.4 Å². The van der Waals surface area contributed by atoms with Crippen molar-refractivity contribution < 1.29 is 4.74 Å². The number of rotatable bonds is 4. The Balaban J connectivity index is 2.24. The molecule has 0 saturated heterocycles. The van der Waals surface area contributed by atoms with Crippen LogP contribution in [0, 0.1) is 0 Å². The van der Waals surface area contributed by atoms with Crippen LogP contribution in [0.1, 0.15) is 31.9 Å². The first kappa shape index (κ1) is 12.0. The van der Waals surface area contributed by atoms with Gasteiger partial charge in [-0.3, -0.25) is 0 Å². The number of ether oxygens (including phenoxy) is 1. The molecule has 0 radical (unpaired) electrons. The van der Waals surface area contributed by atoms with Crippen LogP contribution in [0.3, 0.4) is 0 Å². The zero-order valence-electron chi connectivity index (χ0n) is 10.2. The van der Waals surface area contributed by atoms with Gasteiger partial charge < -0.3 is 4.74 Å². The molecule has 1 atom stereocenters. The molecule has 0 amide bonds. The molecule has 0 bridgehead atoms. The van der Waals surface area contributed by atoms with Crippen molar-refractivity contribution >= 4 is 11.3 Å². The molecule has 0 N–H and O–H groups in total. The lowest BCUT2D eigenvalue weighted by molar-refractivity contribution is 0.392. The smallest absolute Gasteiger partial charge is 0.233 e. The van der Waals surface area contributed by atoms with Crippen molar-refractivity contribution in [3.8, 4) is 16.6 Å². The van der Waals surface area contributed by atoms with Crippen molar-refractivity contribution in [1.29, 1.82) is 0 Å². The minimum absolute atomic E-state index is 0.492. The molecule has 90 valence electrons. The molecule has 0 aromatic carbocycles. The highest BCUT2D eigenvalue weighted by Gasteiger charge is 2.10. The molecule has 0 fully saturated rings. The highest BCUT2D eigenvalue weighted by Crippen LogP contribution is 2.26. The van der Waals surface area contributed by atoms with Gasteiger partial charge in [0.1, 0.15) is 10.7 Å². The van der Waals surface area contributed by atoms with E-state index in [1.165, 1.54) is 0 Å². The van der Waals surface area contributed by atoms with E-state index in [0.717, 1.165) is 22.8 Å². The Morgan fingerprint density at radius 1 is 1.35 bits per heavy atom. The average molecular weight is 249 g/mol. The first-order valence-corrected chi connectivity index (χ1v) is 6.46. The lowest BCUT2D eigenvalue weighted by atomic mass is 10.1. The molecule has 0 aliphatic carbocycles. The van der Waals surface area contributed by atoms with Crippen molar-refractivity contribution in [3.63, 3.8) is 0 Å². The number of nitrogens with zero attached hydrogens (tertiary/aromatic N) is 3. The lowest BCUT2D eigenvalue weighted by Crippen LogP contribution is -1.93. The monoisotopic (exact) mass is 249 g/mol. The number of aromatic nitrogens is 3. The summed E-state index contributed by atoms with van der Waals surface area (Å²) in [5.74, 6) is 1.01. The molecule has 4 nitrogen and oxygen atoms in total. The van der Waals surface area contributed by atoms with Gasteiger partial charge in [-0.2, -0.15) is 0 Å². The maximum absolute atomic E-state index is 4.98. The molecule has 2 heterocycles. The molecular formula is C12H15N3OS. The first-order chi connectivity index (χ1) is 8.24. The summed E-state index contributed by atoms with van der Waals surface area (Å²) in [7, 11) is 1.58. The van der Waals surface area contributed by atoms with E-state index in [9.17, 15) is 0 Å². The van der Waals surface area contributed by atoms with Crippen LogP contribution >= 0.6 is 11.3 Å². The molecule has 0 aliphatic rings. The summed E-state index contributed by atoms with van der Waals surface area (Å²) in [6.07, 6.45) is 1.09. The zero-order chi connectivity index (χ0) is 12.3. The van der Waals surface area contributed by atoms with E-state index in [1.54, 1.807) is 24.5 Å². The van der Waals surface area contributed by atoms with E-state index in [0.29, 0.717) is 11.8 Å². The maximum atomic E-state index is 4.98. The lowest BCUT2D eigenvalue weighted by Gasteiger charge is -2.02. The van der Waals surface area contributed by atoms with Crippen LogP contribution in [0.25, 0.3) is 10.7 Å². The summed E-state index contributed by atoms with van der Waals surface area (Å²) in [5.41, 5.74) is 1.93. The van der Waals surface area contributed by atoms with Gasteiger partial charge in [-0.1, -0.05) is 13.8 Å². The van der Waals surface area contributed by atoms with Crippen molar-refractivity contribution in [3.05, 3.63) is 23.2 Å². The van der Waals surface area contributed by atoms with Crippen LogP contribution in [0.2, 0.25) is 0 Å². The van der Waals surface area contributed by atoms with Crippen LogP contribution in [0.5, 0.6) is 5.88 Å². The molecule has 0 spiro atoms. The van der Waals surface area contributed by atoms with Gasteiger partial charge >= 0.3 is 0 Å². The third-order valence-corrected chi connectivity index (χ3v) is 3.59. The van der Waals surface area contributed by atoms with E-state index in [2.05, 4.69) is 34.4 Å². The Morgan fingerprint density at radius 2 is 2.18 bits per heavy atom. The van der Waals surface area contributed by atoms with E-state index in [1.807, 2.05) is 6.07 Å². The molecular weight excluding hydrogens is 234 g/mol. The zero-order valence-corrected chi connectivity index (χ0v) is 11.0.